The van der Waals surface area contributed by atoms with Crippen molar-refractivity contribution in [1.29, 1.82) is 0 Å². The van der Waals surface area contributed by atoms with Crippen LogP contribution in [0.3, 0.4) is 0 Å². The van der Waals surface area contributed by atoms with Crippen molar-refractivity contribution >= 4 is 29.2 Å². The lowest BCUT2D eigenvalue weighted by Gasteiger charge is -2.38. The number of hydrogen-bond acceptors (Lipinski definition) is 5. The van der Waals surface area contributed by atoms with Crippen molar-refractivity contribution in [3.05, 3.63) is 82.4 Å². The van der Waals surface area contributed by atoms with Gasteiger partial charge in [0.05, 0.1) is 29.2 Å². The van der Waals surface area contributed by atoms with E-state index in [2.05, 4.69) is 5.32 Å². The molecule has 1 amide bonds. The smallest absolute Gasteiger partial charge is 0.416 e. The number of ether oxygens (including phenoxy) is 2. The largest absolute Gasteiger partial charge is 0.493 e. The van der Waals surface area contributed by atoms with E-state index in [9.17, 15) is 27.9 Å². The molecule has 1 fully saturated rings. The standard InChI is InChI=1S/C27H22ClF3N2O5/c28-22-11-21-20(26(35)36)8-9-37-23(21)12-24(22)38-19-6-4-15(5-7-19)25(34)33(18-13-32-14-18)17-3-1-2-16(10-17)27(29,30)31/h1-7,10-12,18,20,32H,8-9,13-14H2,(H,35,36). The Labute approximate surface area is 220 Å². The van der Waals surface area contributed by atoms with Gasteiger partial charge in [-0.25, -0.2) is 0 Å². The second kappa shape index (κ2) is 10.2. The van der Waals surface area contributed by atoms with Crippen LogP contribution < -0.4 is 19.7 Å². The summed E-state index contributed by atoms with van der Waals surface area (Å²) >= 11 is 6.35. The van der Waals surface area contributed by atoms with E-state index in [-0.39, 0.29) is 34.7 Å². The SMILES string of the molecule is O=C(O)C1CCOc2cc(Oc3ccc(C(=O)N(c4cccc(C(F)(F)F)c4)C4CNC4)cc3)c(Cl)cc21. The maximum Gasteiger partial charge on any atom is 0.416 e. The van der Waals surface area contributed by atoms with Gasteiger partial charge >= 0.3 is 12.1 Å². The molecule has 1 saturated heterocycles. The number of rotatable bonds is 6. The molecule has 5 rings (SSSR count). The molecule has 2 N–H and O–H groups in total. The monoisotopic (exact) mass is 546 g/mol. The lowest BCUT2D eigenvalue weighted by molar-refractivity contribution is -0.139. The van der Waals surface area contributed by atoms with E-state index < -0.39 is 29.5 Å². The van der Waals surface area contributed by atoms with Crippen LogP contribution in [0.1, 0.15) is 33.8 Å². The lowest BCUT2D eigenvalue weighted by atomic mass is 9.93. The molecule has 7 nitrogen and oxygen atoms in total. The average molecular weight is 547 g/mol. The highest BCUT2D eigenvalue weighted by molar-refractivity contribution is 6.32. The lowest BCUT2D eigenvalue weighted by Crippen LogP contribution is -2.59. The van der Waals surface area contributed by atoms with Crippen molar-refractivity contribution in [1.82, 2.24) is 5.32 Å². The molecule has 11 heteroatoms. The van der Waals surface area contributed by atoms with Gasteiger partial charge in [0, 0.05) is 36.0 Å². The third-order valence-corrected chi connectivity index (χ3v) is 6.82. The number of carboxylic acids is 1. The van der Waals surface area contributed by atoms with Crippen molar-refractivity contribution < 1.29 is 37.3 Å². The van der Waals surface area contributed by atoms with E-state index in [1.54, 1.807) is 12.1 Å². The van der Waals surface area contributed by atoms with Crippen molar-refractivity contribution in [2.45, 2.75) is 24.6 Å². The number of fused-ring (bicyclic) bond motifs is 1. The number of carbonyl (C=O) groups excluding carboxylic acids is 1. The topological polar surface area (TPSA) is 88.1 Å². The summed E-state index contributed by atoms with van der Waals surface area (Å²) in [6.07, 6.45) is -4.19. The van der Waals surface area contributed by atoms with Gasteiger partial charge in [-0.3, -0.25) is 9.59 Å². The number of nitrogens with one attached hydrogen (secondary N) is 1. The number of carboxylic acid groups (broad SMARTS) is 1. The molecule has 3 aromatic rings. The molecule has 2 aliphatic rings. The molecule has 0 saturated carbocycles. The molecule has 0 aliphatic carbocycles. The highest BCUT2D eigenvalue weighted by Crippen LogP contribution is 2.42. The zero-order valence-corrected chi connectivity index (χ0v) is 20.6. The zero-order valence-electron chi connectivity index (χ0n) is 19.8. The van der Waals surface area contributed by atoms with E-state index >= 15 is 0 Å². The predicted octanol–water partition coefficient (Wildman–Crippen LogP) is 5.72. The van der Waals surface area contributed by atoms with Crippen molar-refractivity contribution in [3.8, 4) is 17.2 Å². The first-order valence-electron chi connectivity index (χ1n) is 11.8. The first-order chi connectivity index (χ1) is 18.1. The summed E-state index contributed by atoms with van der Waals surface area (Å²) in [7, 11) is 0. The summed E-state index contributed by atoms with van der Waals surface area (Å²) in [6, 6.07) is 13.6. The van der Waals surface area contributed by atoms with Crippen LogP contribution in [0, 0.1) is 0 Å². The van der Waals surface area contributed by atoms with Gasteiger partial charge in [0.1, 0.15) is 17.2 Å². The van der Waals surface area contributed by atoms with E-state index in [4.69, 9.17) is 21.1 Å². The van der Waals surface area contributed by atoms with Gasteiger partial charge in [0.2, 0.25) is 0 Å². The zero-order chi connectivity index (χ0) is 27.0. The Morgan fingerprint density at radius 3 is 2.45 bits per heavy atom. The van der Waals surface area contributed by atoms with Crippen LogP contribution in [0.25, 0.3) is 0 Å². The number of alkyl halides is 3. The fraction of sp³-hybridized carbons (Fsp3) is 0.259. The second-order valence-electron chi connectivity index (χ2n) is 9.01. The molecule has 1 atom stereocenters. The van der Waals surface area contributed by atoms with Crippen LogP contribution in [0.5, 0.6) is 17.2 Å². The molecular formula is C27H22ClF3N2O5. The fourth-order valence-corrected chi connectivity index (χ4v) is 4.65. The van der Waals surface area contributed by atoms with Crippen LogP contribution in [-0.4, -0.2) is 42.7 Å². The molecule has 2 heterocycles. The van der Waals surface area contributed by atoms with Crippen molar-refractivity contribution in [3.63, 3.8) is 0 Å². The number of aliphatic carboxylic acids is 1. The normalized spacial score (nSPS) is 17.1. The van der Waals surface area contributed by atoms with E-state index in [1.807, 2.05) is 0 Å². The molecule has 198 valence electrons. The van der Waals surface area contributed by atoms with Crippen LogP contribution >= 0.6 is 11.6 Å². The molecular weight excluding hydrogens is 525 g/mol. The molecule has 38 heavy (non-hydrogen) atoms. The summed E-state index contributed by atoms with van der Waals surface area (Å²) in [5.41, 5.74) is 0.0783. The van der Waals surface area contributed by atoms with E-state index in [1.165, 1.54) is 41.3 Å². The molecule has 1 unspecified atom stereocenters. The highest BCUT2D eigenvalue weighted by atomic mass is 35.5. The minimum Gasteiger partial charge on any atom is -0.493 e. The van der Waals surface area contributed by atoms with Gasteiger partial charge in [-0.15, -0.1) is 0 Å². The number of nitrogens with zero attached hydrogens (tertiary/aromatic N) is 1. The Hall–Kier alpha value is -3.76. The van der Waals surface area contributed by atoms with Crippen molar-refractivity contribution in [2.75, 3.05) is 24.6 Å². The van der Waals surface area contributed by atoms with Gasteiger partial charge in [-0.1, -0.05) is 17.7 Å². The number of hydrogen-bond donors (Lipinski definition) is 2. The Morgan fingerprint density at radius 2 is 1.82 bits per heavy atom. The summed E-state index contributed by atoms with van der Waals surface area (Å²) in [5, 5.41) is 12.7. The second-order valence-corrected chi connectivity index (χ2v) is 9.42. The first-order valence-corrected chi connectivity index (χ1v) is 12.2. The molecule has 3 aromatic carbocycles. The number of benzene rings is 3. The fourth-order valence-electron chi connectivity index (χ4n) is 4.44. The summed E-state index contributed by atoms with van der Waals surface area (Å²) < 4.78 is 51.3. The third-order valence-electron chi connectivity index (χ3n) is 6.53. The quantitative estimate of drug-likeness (QED) is 0.411. The predicted molar refractivity (Wildman–Crippen MR) is 133 cm³/mol. The Morgan fingerprint density at radius 1 is 1.08 bits per heavy atom. The number of amides is 1. The molecule has 0 radical (unpaired) electrons. The summed E-state index contributed by atoms with van der Waals surface area (Å²) in [5.74, 6) is -1.15. The van der Waals surface area contributed by atoms with E-state index in [0.29, 0.717) is 36.6 Å². The minimum absolute atomic E-state index is 0.164. The van der Waals surface area contributed by atoms with Gasteiger partial charge in [0.25, 0.3) is 5.91 Å². The van der Waals surface area contributed by atoms with Crippen LogP contribution in [0.4, 0.5) is 18.9 Å². The van der Waals surface area contributed by atoms with Crippen molar-refractivity contribution in [2.24, 2.45) is 0 Å². The van der Waals surface area contributed by atoms with Crippen LogP contribution in [0.15, 0.2) is 60.7 Å². The van der Waals surface area contributed by atoms with E-state index in [0.717, 1.165) is 12.1 Å². The highest BCUT2D eigenvalue weighted by Gasteiger charge is 2.34. The Balaban J connectivity index is 1.37. The maximum atomic E-state index is 13.4. The average Bonchev–Trinajstić information content (AvgIpc) is 2.85. The van der Waals surface area contributed by atoms with Gasteiger partial charge in [0.15, 0.2) is 0 Å². The van der Waals surface area contributed by atoms with Crippen LogP contribution in [0.2, 0.25) is 5.02 Å². The van der Waals surface area contributed by atoms with Gasteiger partial charge in [-0.05, 0) is 55.0 Å². The summed E-state index contributed by atoms with van der Waals surface area (Å²) in [6.45, 7) is 1.18. The summed E-state index contributed by atoms with van der Waals surface area (Å²) in [4.78, 5) is 26.3. The molecule has 0 aromatic heterocycles. The third kappa shape index (κ3) is 5.14. The molecule has 0 spiro atoms. The van der Waals surface area contributed by atoms with Crippen LogP contribution in [-0.2, 0) is 11.0 Å². The number of halogens is 4. The first kappa shape index (κ1) is 25.9. The van der Waals surface area contributed by atoms with Gasteiger partial charge < -0.3 is 24.8 Å². The Kier molecular flexibility index (Phi) is 6.93. The maximum absolute atomic E-state index is 13.4. The Bertz CT molecular complexity index is 1380. The molecule has 0 bridgehead atoms. The number of carbonyl (C=O) groups is 2. The number of anilines is 1. The molecule has 2 aliphatic heterocycles. The minimum atomic E-state index is -4.53. The van der Waals surface area contributed by atoms with Gasteiger partial charge in [-0.2, -0.15) is 13.2 Å².